The van der Waals surface area contributed by atoms with Crippen molar-refractivity contribution in [3.8, 4) is 33.4 Å². The fraction of sp³-hybridized carbons (Fsp3) is 0.200. The van der Waals surface area contributed by atoms with E-state index in [4.69, 9.17) is 0 Å². The summed E-state index contributed by atoms with van der Waals surface area (Å²) >= 11 is 0. The molecule has 0 unspecified atom stereocenters. The van der Waals surface area contributed by atoms with Gasteiger partial charge in [-0.05, 0) is 91.5 Å². The van der Waals surface area contributed by atoms with Gasteiger partial charge >= 0.3 is 0 Å². The van der Waals surface area contributed by atoms with Crippen molar-refractivity contribution in [3.63, 3.8) is 0 Å². The summed E-state index contributed by atoms with van der Waals surface area (Å²) in [4.78, 5) is 2.54. The van der Waals surface area contributed by atoms with E-state index in [1.165, 1.54) is 83.8 Å². The molecule has 234 valence electrons. The van der Waals surface area contributed by atoms with E-state index in [1.807, 2.05) is 0 Å². The van der Waals surface area contributed by atoms with Crippen LogP contribution in [0.3, 0.4) is 0 Å². The van der Waals surface area contributed by atoms with Crippen LogP contribution in [0.15, 0.2) is 127 Å². The summed E-state index contributed by atoms with van der Waals surface area (Å²) in [5.41, 5.74) is 19.8. The Hall–Kier alpha value is -3.71. The Kier molecular flexibility index (Phi) is 7.63. The molecule has 2 radical (unpaired) electrons. The van der Waals surface area contributed by atoms with E-state index in [9.17, 15) is 0 Å². The van der Waals surface area contributed by atoms with Gasteiger partial charge in [-0.3, -0.25) is 0 Å². The third kappa shape index (κ3) is 4.31. The number of fused-ring (bicyclic) bond motifs is 9. The molecule has 48 heavy (non-hydrogen) atoms. The van der Waals surface area contributed by atoms with Gasteiger partial charge in [0.15, 0.2) is 0 Å². The van der Waals surface area contributed by atoms with Crippen LogP contribution in [0.25, 0.3) is 33.4 Å². The number of nitrogens with zero attached hydrogens (tertiary/aromatic N) is 1. The first-order valence-corrected chi connectivity index (χ1v) is 16.6. The van der Waals surface area contributed by atoms with Gasteiger partial charge in [0.2, 0.25) is 0 Å². The van der Waals surface area contributed by atoms with Gasteiger partial charge in [0, 0.05) is 70.3 Å². The van der Waals surface area contributed by atoms with Crippen molar-refractivity contribution in [2.75, 3.05) is 4.90 Å². The van der Waals surface area contributed by atoms with E-state index in [2.05, 4.69) is 174 Å². The molecule has 0 heterocycles. The van der Waals surface area contributed by atoms with Crippen LogP contribution in [0.1, 0.15) is 74.9 Å². The molecular formula is C45H39NV2. The molecule has 6 aromatic carbocycles. The zero-order valence-corrected chi connectivity index (χ0v) is 31.3. The fourth-order valence-corrected chi connectivity index (χ4v) is 9.01. The van der Waals surface area contributed by atoms with Crippen molar-refractivity contribution < 1.29 is 37.1 Å². The zero-order valence-electron chi connectivity index (χ0n) is 28.5. The third-order valence-electron chi connectivity index (χ3n) is 11.5. The van der Waals surface area contributed by atoms with E-state index >= 15 is 0 Å². The first-order chi connectivity index (χ1) is 22.1. The van der Waals surface area contributed by atoms with E-state index in [-0.39, 0.29) is 53.4 Å². The van der Waals surface area contributed by atoms with E-state index < -0.39 is 0 Å². The van der Waals surface area contributed by atoms with Gasteiger partial charge in [0.05, 0.1) is 5.69 Å². The SMILES string of the molecule is CC1(C)c2ccccc2-c2ccc(N(c3ccc4c(c3)C(C)(C)c3ccccc3-4)c3cccc4c3-c3ccccc3C4(C)C)cc21.[V].[V]. The fourth-order valence-electron chi connectivity index (χ4n) is 9.01. The molecule has 9 rings (SSSR count). The van der Waals surface area contributed by atoms with Gasteiger partial charge in [-0.2, -0.15) is 0 Å². The van der Waals surface area contributed by atoms with Gasteiger partial charge in [-0.15, -0.1) is 0 Å². The molecule has 0 saturated heterocycles. The Balaban J connectivity index is 0.00000182. The monoisotopic (exact) mass is 695 g/mol. The van der Waals surface area contributed by atoms with Gasteiger partial charge in [-0.1, -0.05) is 139 Å². The van der Waals surface area contributed by atoms with Crippen LogP contribution < -0.4 is 4.90 Å². The predicted molar refractivity (Wildman–Crippen MR) is 194 cm³/mol. The Morgan fingerprint density at radius 1 is 0.354 bits per heavy atom. The van der Waals surface area contributed by atoms with Gasteiger partial charge in [0.1, 0.15) is 0 Å². The van der Waals surface area contributed by atoms with Gasteiger partial charge < -0.3 is 4.90 Å². The van der Waals surface area contributed by atoms with Crippen molar-refractivity contribution >= 4 is 17.1 Å². The minimum Gasteiger partial charge on any atom is -0.310 e. The number of hydrogen-bond acceptors (Lipinski definition) is 1. The molecule has 0 fully saturated rings. The van der Waals surface area contributed by atoms with E-state index in [0.29, 0.717) is 0 Å². The van der Waals surface area contributed by atoms with Crippen LogP contribution in [0.5, 0.6) is 0 Å². The first-order valence-electron chi connectivity index (χ1n) is 16.6. The second-order valence-corrected chi connectivity index (χ2v) is 15.0. The van der Waals surface area contributed by atoms with Crippen molar-refractivity contribution in [2.24, 2.45) is 0 Å². The van der Waals surface area contributed by atoms with Gasteiger partial charge in [-0.25, -0.2) is 0 Å². The Bertz CT molecular complexity index is 2150. The van der Waals surface area contributed by atoms with Crippen molar-refractivity contribution in [2.45, 2.75) is 57.8 Å². The largest absolute Gasteiger partial charge is 0.310 e. The van der Waals surface area contributed by atoms with Crippen molar-refractivity contribution in [1.29, 1.82) is 0 Å². The molecule has 0 saturated carbocycles. The van der Waals surface area contributed by atoms with E-state index in [0.717, 1.165) is 0 Å². The Morgan fingerprint density at radius 3 is 1.23 bits per heavy atom. The second-order valence-electron chi connectivity index (χ2n) is 15.0. The van der Waals surface area contributed by atoms with Crippen LogP contribution in [-0.2, 0) is 53.4 Å². The molecule has 0 bridgehead atoms. The quantitative estimate of drug-likeness (QED) is 0.178. The standard InChI is InChI=1S/C45H39N.2V/c1-43(2)37-19-12-9-16-34(37)42-38(43)20-13-21-41(42)46(28-22-24-32-30-14-7-10-17-35(30)44(3,4)39(32)26-28)29-23-25-33-31-15-8-11-18-36(31)45(5,6)40(33)27-29;;/h7-27H,1-6H3;;. The molecule has 3 aliphatic rings. The summed E-state index contributed by atoms with van der Waals surface area (Å²) in [5.74, 6) is 0. The number of rotatable bonds is 3. The smallest absolute Gasteiger partial charge is 0.0543 e. The maximum absolute atomic E-state index is 2.54. The summed E-state index contributed by atoms with van der Waals surface area (Å²) in [6, 6.07) is 48.1. The molecule has 0 N–H and O–H groups in total. The number of benzene rings is 6. The first kappa shape index (κ1) is 32.8. The average Bonchev–Trinajstić information content (AvgIpc) is 3.55. The predicted octanol–water partition coefficient (Wildman–Crippen LogP) is 12.1. The molecule has 0 spiro atoms. The van der Waals surface area contributed by atoms with E-state index in [1.54, 1.807) is 0 Å². The number of hydrogen-bond donors (Lipinski definition) is 0. The topological polar surface area (TPSA) is 3.24 Å². The minimum atomic E-state index is -0.0809. The van der Waals surface area contributed by atoms with Crippen molar-refractivity contribution in [3.05, 3.63) is 161 Å². The van der Waals surface area contributed by atoms with Crippen LogP contribution in [0, 0.1) is 0 Å². The molecule has 3 heteroatoms. The van der Waals surface area contributed by atoms with Crippen molar-refractivity contribution in [1.82, 2.24) is 0 Å². The molecule has 3 aliphatic carbocycles. The molecule has 6 aromatic rings. The number of anilines is 3. The molecular weight excluding hydrogens is 656 g/mol. The summed E-state index contributed by atoms with van der Waals surface area (Å²) in [5, 5.41) is 0. The van der Waals surface area contributed by atoms with Crippen LogP contribution in [-0.4, -0.2) is 0 Å². The molecule has 0 aromatic heterocycles. The maximum atomic E-state index is 2.54. The molecule has 0 aliphatic heterocycles. The summed E-state index contributed by atoms with van der Waals surface area (Å²) in [6.45, 7) is 14.2. The molecule has 0 amide bonds. The van der Waals surface area contributed by atoms with Crippen LogP contribution in [0.2, 0.25) is 0 Å². The molecule has 1 nitrogen and oxygen atoms in total. The van der Waals surface area contributed by atoms with Gasteiger partial charge in [0.25, 0.3) is 0 Å². The summed E-state index contributed by atoms with van der Waals surface area (Å²) in [6.07, 6.45) is 0. The maximum Gasteiger partial charge on any atom is 0.0543 e. The molecule has 0 atom stereocenters. The third-order valence-corrected chi connectivity index (χ3v) is 11.5. The average molecular weight is 696 g/mol. The second kappa shape index (κ2) is 11.2. The Labute approximate surface area is 309 Å². The van der Waals surface area contributed by atoms with Crippen LogP contribution in [0.4, 0.5) is 17.1 Å². The summed E-state index contributed by atoms with van der Waals surface area (Å²) in [7, 11) is 0. The van der Waals surface area contributed by atoms with Crippen LogP contribution >= 0.6 is 0 Å². The summed E-state index contributed by atoms with van der Waals surface area (Å²) < 4.78 is 0. The normalized spacial score (nSPS) is 15.9. The minimum absolute atomic E-state index is 0. The zero-order chi connectivity index (χ0) is 31.6. The Morgan fingerprint density at radius 2 is 0.729 bits per heavy atom.